The number of nitrogens with one attached hydrogen (secondary N) is 2. The molecule has 0 aromatic heterocycles. The average molecular weight is 386 g/mol. The van der Waals surface area contributed by atoms with Crippen molar-refractivity contribution in [3.8, 4) is 0 Å². The first kappa shape index (κ1) is 21.1. The minimum absolute atomic E-state index is 0.112. The molecule has 7 heteroatoms. The number of hydrogen-bond acceptors (Lipinski definition) is 4. The van der Waals surface area contributed by atoms with E-state index in [0.717, 1.165) is 11.1 Å². The van der Waals surface area contributed by atoms with Gasteiger partial charge in [0.25, 0.3) is 5.91 Å². The van der Waals surface area contributed by atoms with Crippen LogP contribution in [-0.2, 0) is 14.3 Å². The van der Waals surface area contributed by atoms with Crippen molar-refractivity contribution in [1.29, 1.82) is 0 Å². The van der Waals surface area contributed by atoms with Crippen molar-refractivity contribution in [1.82, 2.24) is 10.6 Å². The van der Waals surface area contributed by atoms with Crippen molar-refractivity contribution < 1.29 is 23.5 Å². The molecule has 2 amide bonds. The van der Waals surface area contributed by atoms with Crippen LogP contribution >= 0.6 is 0 Å². The Balaban J connectivity index is 2.01. The Labute approximate surface area is 163 Å². The van der Waals surface area contributed by atoms with Gasteiger partial charge in [-0.3, -0.25) is 14.4 Å². The summed E-state index contributed by atoms with van der Waals surface area (Å²) in [7, 11) is 1.25. The lowest BCUT2D eigenvalue weighted by Gasteiger charge is -2.18. The zero-order chi connectivity index (χ0) is 20.7. The maximum Gasteiger partial charge on any atom is 0.307 e. The molecular formula is C21H23FN2O4. The fraction of sp³-hybridized carbons (Fsp3) is 0.286. The van der Waals surface area contributed by atoms with Gasteiger partial charge in [0.15, 0.2) is 0 Å². The van der Waals surface area contributed by atoms with Crippen molar-refractivity contribution in [3.63, 3.8) is 0 Å². The smallest absolute Gasteiger partial charge is 0.307 e. The average Bonchev–Trinajstić information content (AvgIpc) is 2.65. The minimum atomic E-state index is -0.696. The lowest BCUT2D eigenvalue weighted by atomic mass is 10.0. The highest BCUT2D eigenvalue weighted by Crippen LogP contribution is 2.18. The van der Waals surface area contributed by atoms with Crippen LogP contribution in [-0.4, -0.2) is 31.4 Å². The molecule has 0 aliphatic carbocycles. The quantitative estimate of drug-likeness (QED) is 0.717. The highest BCUT2D eigenvalue weighted by Gasteiger charge is 2.19. The van der Waals surface area contributed by atoms with Gasteiger partial charge in [0.2, 0.25) is 5.91 Å². The number of ether oxygens (including phenoxy) is 1. The lowest BCUT2D eigenvalue weighted by molar-refractivity contribution is -0.141. The third-order valence-corrected chi connectivity index (χ3v) is 4.10. The van der Waals surface area contributed by atoms with Crippen molar-refractivity contribution in [2.24, 2.45) is 0 Å². The summed E-state index contributed by atoms with van der Waals surface area (Å²) in [5.74, 6) is -1.79. The summed E-state index contributed by atoms with van der Waals surface area (Å²) >= 11 is 0. The Morgan fingerprint density at radius 3 is 2.21 bits per heavy atom. The van der Waals surface area contributed by atoms with E-state index < -0.39 is 23.7 Å². The van der Waals surface area contributed by atoms with Crippen molar-refractivity contribution in [2.45, 2.75) is 26.3 Å². The highest BCUT2D eigenvalue weighted by atomic mass is 19.1. The monoisotopic (exact) mass is 386 g/mol. The van der Waals surface area contributed by atoms with Gasteiger partial charge in [0, 0.05) is 5.56 Å². The number of halogens is 1. The van der Waals surface area contributed by atoms with E-state index in [9.17, 15) is 18.8 Å². The van der Waals surface area contributed by atoms with Gasteiger partial charge < -0.3 is 15.4 Å². The van der Waals surface area contributed by atoms with Gasteiger partial charge in [-0.1, -0.05) is 29.3 Å². The minimum Gasteiger partial charge on any atom is -0.469 e. The molecule has 28 heavy (non-hydrogen) atoms. The van der Waals surface area contributed by atoms with Gasteiger partial charge in [-0.05, 0) is 43.7 Å². The number of carbonyl (C=O) groups is 3. The zero-order valence-corrected chi connectivity index (χ0v) is 16.0. The van der Waals surface area contributed by atoms with Gasteiger partial charge in [-0.25, -0.2) is 4.39 Å². The van der Waals surface area contributed by atoms with Gasteiger partial charge in [0.1, 0.15) is 5.82 Å². The summed E-state index contributed by atoms with van der Waals surface area (Å²) in [6.45, 7) is 3.51. The predicted molar refractivity (Wildman–Crippen MR) is 102 cm³/mol. The molecule has 0 fully saturated rings. The molecule has 1 unspecified atom stereocenters. The van der Waals surface area contributed by atoms with Gasteiger partial charge >= 0.3 is 5.97 Å². The second-order valence-corrected chi connectivity index (χ2v) is 6.51. The third-order valence-electron chi connectivity index (χ3n) is 4.10. The first-order chi connectivity index (χ1) is 13.3. The van der Waals surface area contributed by atoms with E-state index in [-0.39, 0.29) is 18.9 Å². The molecule has 2 rings (SSSR count). The van der Waals surface area contributed by atoms with E-state index in [1.54, 1.807) is 12.1 Å². The van der Waals surface area contributed by atoms with E-state index >= 15 is 0 Å². The second kappa shape index (κ2) is 9.64. The third kappa shape index (κ3) is 6.19. The second-order valence-electron chi connectivity index (χ2n) is 6.51. The fourth-order valence-electron chi connectivity index (χ4n) is 2.81. The van der Waals surface area contributed by atoms with E-state index in [1.165, 1.54) is 31.4 Å². The number of benzene rings is 2. The topological polar surface area (TPSA) is 84.5 Å². The summed E-state index contributed by atoms with van der Waals surface area (Å²) < 4.78 is 17.8. The SMILES string of the molecule is COC(=O)CC(NC(=O)CNC(=O)c1cc(C)cc(C)c1)c1ccc(F)cc1. The molecule has 148 valence electrons. The Morgan fingerprint density at radius 2 is 1.64 bits per heavy atom. The summed E-state index contributed by atoms with van der Waals surface area (Å²) in [6, 6.07) is 10.2. The Kier molecular flexibility index (Phi) is 7.26. The van der Waals surface area contributed by atoms with Crippen LogP contribution in [0.1, 0.15) is 39.5 Å². The van der Waals surface area contributed by atoms with E-state index in [1.807, 2.05) is 19.9 Å². The van der Waals surface area contributed by atoms with Crippen LogP contribution in [0.4, 0.5) is 4.39 Å². The molecule has 2 N–H and O–H groups in total. The van der Waals surface area contributed by atoms with Crippen LogP contribution in [0.2, 0.25) is 0 Å². The van der Waals surface area contributed by atoms with Crippen LogP contribution in [0.5, 0.6) is 0 Å². The molecule has 0 saturated heterocycles. The number of carbonyl (C=O) groups excluding carboxylic acids is 3. The van der Waals surface area contributed by atoms with Gasteiger partial charge in [-0.2, -0.15) is 0 Å². The standard InChI is InChI=1S/C21H23FN2O4/c1-13-8-14(2)10-16(9-13)21(27)23-12-19(25)24-18(11-20(26)28-3)15-4-6-17(22)7-5-15/h4-10,18H,11-12H2,1-3H3,(H,23,27)(H,24,25). The Hall–Kier alpha value is -3.22. The van der Waals surface area contributed by atoms with E-state index in [0.29, 0.717) is 11.1 Å². The van der Waals surface area contributed by atoms with Crippen LogP contribution in [0, 0.1) is 19.7 Å². The van der Waals surface area contributed by atoms with Crippen LogP contribution in [0.15, 0.2) is 42.5 Å². The van der Waals surface area contributed by atoms with Crippen LogP contribution in [0.3, 0.4) is 0 Å². The maximum atomic E-state index is 13.1. The molecule has 2 aromatic rings. The van der Waals surface area contributed by atoms with Crippen molar-refractivity contribution in [2.75, 3.05) is 13.7 Å². The molecule has 2 aromatic carbocycles. The van der Waals surface area contributed by atoms with Crippen molar-refractivity contribution in [3.05, 3.63) is 70.5 Å². The molecule has 0 spiro atoms. The Morgan fingerprint density at radius 1 is 1.04 bits per heavy atom. The fourth-order valence-corrected chi connectivity index (χ4v) is 2.81. The van der Waals surface area contributed by atoms with E-state index in [2.05, 4.69) is 15.4 Å². The normalized spacial score (nSPS) is 11.4. The summed E-state index contributed by atoms with van der Waals surface area (Å²) in [5, 5.41) is 5.23. The molecule has 0 aliphatic heterocycles. The number of amides is 2. The first-order valence-electron chi connectivity index (χ1n) is 8.76. The number of hydrogen-bond donors (Lipinski definition) is 2. The maximum absolute atomic E-state index is 13.1. The number of aryl methyl sites for hydroxylation is 2. The van der Waals surface area contributed by atoms with Crippen molar-refractivity contribution >= 4 is 17.8 Å². The zero-order valence-electron chi connectivity index (χ0n) is 16.0. The molecule has 0 saturated carbocycles. The van der Waals surface area contributed by atoms with Crippen LogP contribution in [0.25, 0.3) is 0 Å². The number of esters is 1. The largest absolute Gasteiger partial charge is 0.469 e. The molecule has 0 aliphatic rings. The summed E-state index contributed by atoms with van der Waals surface area (Å²) in [5.41, 5.74) is 2.92. The number of rotatable bonds is 7. The van der Waals surface area contributed by atoms with Gasteiger partial charge in [0.05, 0.1) is 26.1 Å². The van der Waals surface area contributed by atoms with Gasteiger partial charge in [-0.15, -0.1) is 0 Å². The highest BCUT2D eigenvalue weighted by molar-refractivity contribution is 5.96. The molecule has 0 radical (unpaired) electrons. The molecule has 0 bridgehead atoms. The molecule has 0 heterocycles. The summed E-state index contributed by atoms with van der Waals surface area (Å²) in [4.78, 5) is 36.2. The van der Waals surface area contributed by atoms with Crippen LogP contribution < -0.4 is 10.6 Å². The summed E-state index contributed by atoms with van der Waals surface area (Å²) in [6.07, 6.45) is -0.112. The molecule has 1 atom stereocenters. The molecule has 6 nitrogen and oxygen atoms in total. The van der Waals surface area contributed by atoms with E-state index in [4.69, 9.17) is 0 Å². The number of methoxy groups -OCH3 is 1. The molecular weight excluding hydrogens is 363 g/mol. The predicted octanol–water partition coefficient (Wildman–Crippen LogP) is 2.59. The lowest BCUT2D eigenvalue weighted by Crippen LogP contribution is -2.39. The Bertz CT molecular complexity index is 845. The first-order valence-corrected chi connectivity index (χ1v) is 8.76.